The van der Waals surface area contributed by atoms with Crippen LogP contribution in [0, 0.1) is 35.8 Å². The van der Waals surface area contributed by atoms with Gasteiger partial charge in [0.2, 0.25) is 0 Å². The van der Waals surface area contributed by atoms with E-state index < -0.39 is 34.1 Å². The molecule has 0 amide bonds. The first-order valence-electron chi connectivity index (χ1n) is 30.8. The molecule has 6 aromatic carbocycles. The van der Waals surface area contributed by atoms with Crippen LogP contribution in [-0.2, 0) is 14.2 Å². The Labute approximate surface area is 555 Å². The zero-order valence-corrected chi connectivity index (χ0v) is 58.0. The van der Waals surface area contributed by atoms with Crippen LogP contribution in [0.4, 0.5) is 0 Å². The Kier molecular flexibility index (Phi) is 21.4. The fourth-order valence-corrected chi connectivity index (χ4v) is 11.5. The molecule has 18 heteroatoms. The molecule has 0 aliphatic carbocycles. The van der Waals surface area contributed by atoms with Crippen molar-refractivity contribution >= 4 is 67.1 Å². The Morgan fingerprint density at radius 2 is 0.796 bits per heavy atom. The van der Waals surface area contributed by atoms with Gasteiger partial charge >= 0.3 is 17.9 Å². The highest BCUT2D eigenvalue weighted by molar-refractivity contribution is 9.10. The molecule has 9 aromatic rings. The number of carbonyl (C=O) groups excluding carboxylic acids is 3. The van der Waals surface area contributed by atoms with Gasteiger partial charge in [0.1, 0.15) is 35.1 Å². The highest BCUT2D eigenvalue weighted by Crippen LogP contribution is 2.37. The molecule has 15 nitrogen and oxygen atoms in total. The number of halogens is 1. The van der Waals surface area contributed by atoms with Crippen molar-refractivity contribution in [1.82, 2.24) is 28.7 Å². The molecule has 0 fully saturated rings. The molecule has 3 atom stereocenters. The van der Waals surface area contributed by atoms with Crippen molar-refractivity contribution in [3.05, 3.63) is 248 Å². The van der Waals surface area contributed by atoms with Crippen LogP contribution in [0.1, 0.15) is 153 Å². The van der Waals surface area contributed by atoms with Crippen molar-refractivity contribution in [3.63, 3.8) is 0 Å². The van der Waals surface area contributed by atoms with Gasteiger partial charge in [0.05, 0.1) is 89.2 Å². The van der Waals surface area contributed by atoms with Gasteiger partial charge in [-0.3, -0.25) is 28.7 Å². The fraction of sp³-hybridized carbons (Fsp3) is 0.240. The van der Waals surface area contributed by atoms with Gasteiger partial charge in [-0.15, -0.1) is 23.9 Å². The average molecular weight is 1330 g/mol. The maximum absolute atomic E-state index is 12.6. The van der Waals surface area contributed by atoms with Crippen molar-refractivity contribution in [3.8, 4) is 52.8 Å². The minimum absolute atomic E-state index is 0.256. The van der Waals surface area contributed by atoms with E-state index in [9.17, 15) is 14.4 Å². The number of ether oxygens (including phenoxy) is 3. The summed E-state index contributed by atoms with van der Waals surface area (Å²) in [6.07, 6.45) is 15.8. The highest BCUT2D eigenvalue weighted by atomic mass is 79.9. The summed E-state index contributed by atoms with van der Waals surface area (Å²) in [5.74, 6) is 4.76. The molecule has 0 N–H and O–H groups in total. The second kappa shape index (κ2) is 29.5. The zero-order valence-electron chi connectivity index (χ0n) is 54.4. The Bertz CT molecular complexity index is 4510. The molecule has 0 bridgehead atoms. The Morgan fingerprint density at radius 1 is 0.473 bits per heavy atom. The largest absolute Gasteiger partial charge is 0.461 e. The number of nitrogens with zero attached hydrogens (tertiary/aromatic N) is 9. The van der Waals surface area contributed by atoms with Crippen LogP contribution in [0.25, 0.3) is 17.1 Å². The molecular formula is C75H74BrN9O6Si2. The number of benzene rings is 6. The van der Waals surface area contributed by atoms with Gasteiger partial charge in [0.15, 0.2) is 17.1 Å². The van der Waals surface area contributed by atoms with Crippen molar-refractivity contribution in [2.45, 2.75) is 99.0 Å². The second-order valence-corrected chi connectivity index (χ2v) is 34.4. The van der Waals surface area contributed by atoms with E-state index in [1.165, 1.54) is 0 Å². The molecule has 0 radical (unpaired) electrons. The summed E-state index contributed by atoms with van der Waals surface area (Å²) in [6, 6.07) is 47.3. The lowest BCUT2D eigenvalue weighted by Gasteiger charge is -2.13. The normalized spacial score (nSPS) is 14.7. The predicted molar refractivity (Wildman–Crippen MR) is 378 cm³/mol. The summed E-state index contributed by atoms with van der Waals surface area (Å²) < 4.78 is 22.4. The first kappa shape index (κ1) is 67.4. The summed E-state index contributed by atoms with van der Waals surface area (Å²) in [5, 5.41) is 0. The smallest absolute Gasteiger partial charge is 0.358 e. The number of rotatable bonds is 9. The lowest BCUT2D eigenvalue weighted by molar-refractivity contribution is 0.0508. The van der Waals surface area contributed by atoms with Gasteiger partial charge in [-0.05, 0) is 96.1 Å². The monoisotopic (exact) mass is 1330 g/mol. The average Bonchev–Trinajstić information content (AvgIpc) is 1.64. The van der Waals surface area contributed by atoms with Crippen molar-refractivity contribution in [2.24, 2.45) is 15.0 Å². The summed E-state index contributed by atoms with van der Waals surface area (Å²) in [7, 11) is -2.61. The van der Waals surface area contributed by atoms with Gasteiger partial charge in [0.25, 0.3) is 0 Å². The fourth-order valence-electron chi connectivity index (χ4n) is 10.6. The Balaban J connectivity index is 0.000000158. The number of terminal acetylenes is 2. The molecule has 12 rings (SSSR count). The molecular weight excluding hydrogens is 1260 g/mol. The molecule has 3 aliphatic heterocycles. The van der Waals surface area contributed by atoms with Crippen LogP contribution < -0.4 is 0 Å². The molecule has 0 saturated heterocycles. The minimum Gasteiger partial charge on any atom is -0.461 e. The predicted octanol–water partition coefficient (Wildman–Crippen LogP) is 15.4. The SMILES string of the molecule is C#C[Si](C)(C)C.C#Cc1ccc2c(c1)C(c1ccccc1)=N[C@H](C)c1c(C(=O)OCC)ncn1-2.CCOC(=O)c1ncn2c1[C@@H](C)N=C(c1ccccc1)c1cc(Br)ccc1-2.CCOC(=O)c1ncn2c1[C@@H](C)N=C(c1ccccc1)c1cc(C#C[Si](C)(C)C)ccc1-2. The first-order valence-corrected chi connectivity index (χ1v) is 38.6. The lowest BCUT2D eigenvalue weighted by atomic mass is 9.98. The molecule has 470 valence electrons. The lowest BCUT2D eigenvalue weighted by Crippen LogP contribution is -2.16. The third-order valence-electron chi connectivity index (χ3n) is 14.8. The third-order valence-corrected chi connectivity index (χ3v) is 17.0. The molecule has 3 aromatic heterocycles. The highest BCUT2D eigenvalue weighted by Gasteiger charge is 2.33. The van der Waals surface area contributed by atoms with Gasteiger partial charge < -0.3 is 14.2 Å². The number of imidazole rings is 3. The van der Waals surface area contributed by atoms with E-state index >= 15 is 0 Å². The van der Waals surface area contributed by atoms with E-state index in [4.69, 9.17) is 42.0 Å². The van der Waals surface area contributed by atoms with E-state index in [1.54, 1.807) is 39.8 Å². The Morgan fingerprint density at radius 3 is 1.12 bits per heavy atom. The van der Waals surface area contributed by atoms with Gasteiger partial charge in [-0.25, -0.2) is 29.3 Å². The van der Waals surface area contributed by atoms with E-state index in [-0.39, 0.29) is 18.1 Å². The summed E-state index contributed by atoms with van der Waals surface area (Å²) in [6.45, 7) is 25.3. The summed E-state index contributed by atoms with van der Waals surface area (Å²) in [4.78, 5) is 65.4. The van der Waals surface area contributed by atoms with Crippen molar-refractivity contribution < 1.29 is 28.6 Å². The minimum atomic E-state index is -1.51. The van der Waals surface area contributed by atoms with Crippen LogP contribution in [0.2, 0.25) is 39.3 Å². The van der Waals surface area contributed by atoms with Crippen LogP contribution in [0.5, 0.6) is 0 Å². The Hall–Kier alpha value is -10.0. The number of esters is 3. The van der Waals surface area contributed by atoms with Crippen LogP contribution in [0.3, 0.4) is 0 Å². The third kappa shape index (κ3) is 15.5. The van der Waals surface area contributed by atoms with Crippen LogP contribution >= 0.6 is 15.9 Å². The van der Waals surface area contributed by atoms with E-state index in [2.05, 4.69) is 111 Å². The van der Waals surface area contributed by atoms with Gasteiger partial charge in [-0.2, -0.15) is 0 Å². The van der Waals surface area contributed by atoms with Gasteiger partial charge in [0, 0.05) is 49.0 Å². The summed E-state index contributed by atoms with van der Waals surface area (Å²) in [5.41, 5.74) is 22.2. The topological polar surface area (TPSA) is 169 Å². The van der Waals surface area contributed by atoms with Gasteiger partial charge in [-0.1, -0.05) is 158 Å². The number of hydrogen-bond donors (Lipinski definition) is 0. The van der Waals surface area contributed by atoms with Crippen LogP contribution in [0.15, 0.2) is 184 Å². The molecule has 0 spiro atoms. The number of hydrogen-bond acceptors (Lipinski definition) is 12. The van der Waals surface area contributed by atoms with E-state index in [1.807, 2.05) is 162 Å². The molecule has 0 saturated carbocycles. The number of aromatic nitrogens is 6. The molecule has 3 aliphatic rings. The molecule has 6 heterocycles. The maximum atomic E-state index is 12.6. The molecule has 0 unspecified atom stereocenters. The van der Waals surface area contributed by atoms with E-state index in [0.717, 1.165) is 94.6 Å². The zero-order chi connectivity index (χ0) is 66.7. The maximum Gasteiger partial charge on any atom is 0.358 e. The number of carbonyl (C=O) groups is 3. The quantitative estimate of drug-likeness (QED) is 0.0591. The summed E-state index contributed by atoms with van der Waals surface area (Å²) >= 11 is 3.57. The van der Waals surface area contributed by atoms with Crippen molar-refractivity contribution in [1.29, 1.82) is 0 Å². The second-order valence-electron chi connectivity index (χ2n) is 23.9. The number of aliphatic imine (C=N–C) groups is 3. The van der Waals surface area contributed by atoms with E-state index in [0.29, 0.717) is 42.6 Å². The van der Waals surface area contributed by atoms with Crippen LogP contribution in [-0.4, -0.2) is 99.7 Å². The number of fused-ring (bicyclic) bond motifs is 9. The molecule has 93 heavy (non-hydrogen) atoms. The standard InChI is InChI=1S/C26H27N3O2Si.C23H19N3O2.C21H18BrN3O2.C5H10Si/c1-6-31-26(30)24-25-18(2)28-23(20-10-8-7-9-11-20)21-16-19(14-15-32(3,4)5)12-13-22(21)29(25)17-27-24;1-4-16-11-12-19-18(13-16)20(17-9-7-6-8-10-17)25-15(3)22-21(23(27)28-5-2)24-14-26(19)22;1-3-27-21(26)19-20-13(2)24-18(14-7-5-4-6-8-14)16-11-15(22)9-10-17(16)25(20)12-23-19;1-5-6(2,3)4/h7-13,16-18H,6H2,1-5H3;1,6-15H,5H2,2-3H3;4-13H,3H2,1-2H3;1H,2-4H3/t18-;15-;13-;/m111./s1. The van der Waals surface area contributed by atoms with Crippen molar-refractivity contribution in [2.75, 3.05) is 19.8 Å². The first-order chi connectivity index (χ1) is 44.6.